The van der Waals surface area contributed by atoms with Gasteiger partial charge in [0.15, 0.2) is 0 Å². The van der Waals surface area contributed by atoms with Gasteiger partial charge in [0, 0.05) is 12.2 Å². The predicted octanol–water partition coefficient (Wildman–Crippen LogP) is 2.19. The first-order chi connectivity index (χ1) is 11.0. The van der Waals surface area contributed by atoms with Gasteiger partial charge in [-0.25, -0.2) is 17.5 Å². The van der Waals surface area contributed by atoms with Gasteiger partial charge in [0.1, 0.15) is 5.82 Å². The van der Waals surface area contributed by atoms with Crippen LogP contribution in [0.4, 0.5) is 4.39 Å². The highest BCUT2D eigenvalue weighted by Crippen LogP contribution is 2.20. The Balaban J connectivity index is 1.67. The zero-order valence-corrected chi connectivity index (χ0v) is 13.9. The van der Waals surface area contributed by atoms with E-state index in [1.54, 1.807) is 6.92 Å². The van der Waals surface area contributed by atoms with Crippen molar-refractivity contribution in [3.8, 4) is 0 Å². The second-order valence-electron chi connectivity index (χ2n) is 5.85. The van der Waals surface area contributed by atoms with E-state index in [0.29, 0.717) is 12.1 Å². The lowest BCUT2D eigenvalue weighted by Crippen LogP contribution is -2.29. The average Bonchev–Trinajstić information content (AvgIpc) is 2.90. The molecule has 7 heteroatoms. The standard InChI is InChI=1S/C16H20FN3O2S/c1-12-10-14(17)6-7-16(12)23(21,22)19-8-9-20-15-5-3-2-4-13(15)11-18-20/h6-7,10-11,19H,2-5,8-9H2,1H3. The van der Waals surface area contributed by atoms with E-state index in [4.69, 9.17) is 0 Å². The Kier molecular flexibility index (Phi) is 4.50. The van der Waals surface area contributed by atoms with Crippen molar-refractivity contribution < 1.29 is 12.8 Å². The van der Waals surface area contributed by atoms with Crippen LogP contribution in [0.2, 0.25) is 0 Å². The topological polar surface area (TPSA) is 64.0 Å². The van der Waals surface area contributed by atoms with Crippen molar-refractivity contribution in [3.05, 3.63) is 47.0 Å². The smallest absolute Gasteiger partial charge is 0.240 e. The van der Waals surface area contributed by atoms with Crippen molar-refractivity contribution in [2.24, 2.45) is 0 Å². The first-order valence-corrected chi connectivity index (χ1v) is 9.25. The number of hydrogen-bond acceptors (Lipinski definition) is 3. The molecule has 0 amide bonds. The van der Waals surface area contributed by atoms with Crippen molar-refractivity contribution >= 4 is 10.0 Å². The fourth-order valence-electron chi connectivity index (χ4n) is 3.03. The first kappa shape index (κ1) is 16.1. The molecule has 1 aromatic carbocycles. The molecule has 1 aliphatic carbocycles. The van der Waals surface area contributed by atoms with Gasteiger partial charge >= 0.3 is 0 Å². The highest BCUT2D eigenvalue weighted by molar-refractivity contribution is 7.89. The fraction of sp³-hybridized carbons (Fsp3) is 0.438. The van der Waals surface area contributed by atoms with Gasteiger partial charge in [-0.3, -0.25) is 4.68 Å². The van der Waals surface area contributed by atoms with Crippen LogP contribution in [0, 0.1) is 12.7 Å². The molecule has 124 valence electrons. The number of aromatic nitrogens is 2. The summed E-state index contributed by atoms with van der Waals surface area (Å²) in [5.74, 6) is -0.440. The van der Waals surface area contributed by atoms with Crippen molar-refractivity contribution in [2.75, 3.05) is 6.54 Å². The predicted molar refractivity (Wildman–Crippen MR) is 85.2 cm³/mol. The Morgan fingerprint density at radius 2 is 2.09 bits per heavy atom. The summed E-state index contributed by atoms with van der Waals surface area (Å²) >= 11 is 0. The number of nitrogens with one attached hydrogen (secondary N) is 1. The second-order valence-corrected chi connectivity index (χ2v) is 7.59. The Hall–Kier alpha value is -1.73. The van der Waals surface area contributed by atoms with E-state index in [2.05, 4.69) is 9.82 Å². The van der Waals surface area contributed by atoms with E-state index in [9.17, 15) is 12.8 Å². The number of sulfonamides is 1. The molecule has 0 atom stereocenters. The number of hydrogen-bond donors (Lipinski definition) is 1. The number of halogens is 1. The largest absolute Gasteiger partial charge is 0.268 e. The number of rotatable bonds is 5. The van der Waals surface area contributed by atoms with E-state index in [1.165, 1.54) is 29.8 Å². The fourth-order valence-corrected chi connectivity index (χ4v) is 4.27. The highest BCUT2D eigenvalue weighted by atomic mass is 32.2. The molecular weight excluding hydrogens is 317 g/mol. The van der Waals surface area contributed by atoms with Crippen LogP contribution in [0.1, 0.15) is 29.7 Å². The lowest BCUT2D eigenvalue weighted by atomic mass is 9.98. The highest BCUT2D eigenvalue weighted by Gasteiger charge is 2.18. The van der Waals surface area contributed by atoms with Crippen molar-refractivity contribution in [3.63, 3.8) is 0 Å². The third-order valence-corrected chi connectivity index (χ3v) is 5.81. The SMILES string of the molecule is Cc1cc(F)ccc1S(=O)(=O)NCCn1ncc2c1CCCC2. The quantitative estimate of drug-likeness (QED) is 0.910. The zero-order chi connectivity index (χ0) is 16.4. The number of fused-ring (bicyclic) bond motifs is 1. The van der Waals surface area contributed by atoms with Crippen LogP contribution in [0.3, 0.4) is 0 Å². The Morgan fingerprint density at radius 1 is 1.30 bits per heavy atom. The molecule has 1 N–H and O–H groups in total. The van der Waals surface area contributed by atoms with Gasteiger partial charge in [-0.15, -0.1) is 0 Å². The minimum atomic E-state index is -3.64. The van der Waals surface area contributed by atoms with Gasteiger partial charge in [0.2, 0.25) is 10.0 Å². The van der Waals surface area contributed by atoms with E-state index < -0.39 is 15.8 Å². The van der Waals surface area contributed by atoms with Crippen LogP contribution in [-0.4, -0.2) is 24.7 Å². The summed E-state index contributed by atoms with van der Waals surface area (Å²) < 4.78 is 42.2. The molecule has 1 aliphatic rings. The summed E-state index contributed by atoms with van der Waals surface area (Å²) in [6.45, 7) is 2.34. The molecule has 5 nitrogen and oxygen atoms in total. The molecule has 0 radical (unpaired) electrons. The van der Waals surface area contributed by atoms with E-state index >= 15 is 0 Å². The Labute approximate surface area is 135 Å². The number of benzene rings is 1. The molecule has 0 saturated heterocycles. The first-order valence-electron chi connectivity index (χ1n) is 7.77. The number of nitrogens with zero attached hydrogens (tertiary/aromatic N) is 2. The molecule has 1 aromatic heterocycles. The Morgan fingerprint density at radius 3 is 2.87 bits per heavy atom. The molecule has 2 aromatic rings. The van der Waals surface area contributed by atoms with Crippen molar-refractivity contribution in [1.82, 2.24) is 14.5 Å². The molecule has 0 fully saturated rings. The summed E-state index contributed by atoms with van der Waals surface area (Å²) in [5.41, 5.74) is 2.89. The Bertz CT molecular complexity index is 815. The maximum absolute atomic E-state index is 13.1. The molecule has 0 spiro atoms. The van der Waals surface area contributed by atoms with E-state index in [0.717, 1.165) is 25.3 Å². The maximum atomic E-state index is 13.1. The second kappa shape index (κ2) is 6.41. The summed E-state index contributed by atoms with van der Waals surface area (Å²) in [6.07, 6.45) is 6.27. The maximum Gasteiger partial charge on any atom is 0.240 e. The molecule has 3 rings (SSSR count). The molecule has 0 aliphatic heterocycles. The van der Waals surface area contributed by atoms with Crippen LogP contribution in [-0.2, 0) is 29.4 Å². The summed E-state index contributed by atoms with van der Waals surface area (Å²) in [5, 5.41) is 4.35. The molecule has 23 heavy (non-hydrogen) atoms. The molecule has 0 saturated carbocycles. The van der Waals surface area contributed by atoms with Gasteiger partial charge in [-0.05, 0) is 61.9 Å². The summed E-state index contributed by atoms with van der Waals surface area (Å²) in [7, 11) is -3.64. The molecular formula is C16H20FN3O2S. The molecule has 1 heterocycles. The number of aryl methyl sites for hydroxylation is 2. The third kappa shape index (κ3) is 3.45. The van der Waals surface area contributed by atoms with Crippen LogP contribution >= 0.6 is 0 Å². The molecule has 0 unspecified atom stereocenters. The van der Waals surface area contributed by atoms with Gasteiger partial charge in [0.05, 0.1) is 17.6 Å². The normalized spacial score (nSPS) is 14.7. The average molecular weight is 337 g/mol. The zero-order valence-electron chi connectivity index (χ0n) is 13.0. The van der Waals surface area contributed by atoms with Crippen molar-refractivity contribution in [1.29, 1.82) is 0 Å². The van der Waals surface area contributed by atoms with Crippen molar-refractivity contribution in [2.45, 2.75) is 44.0 Å². The molecule has 0 bridgehead atoms. The van der Waals surface area contributed by atoms with E-state index in [-0.39, 0.29) is 11.4 Å². The lowest BCUT2D eigenvalue weighted by molar-refractivity contribution is 0.538. The van der Waals surface area contributed by atoms with Gasteiger partial charge < -0.3 is 0 Å². The van der Waals surface area contributed by atoms with Crippen LogP contribution in [0.5, 0.6) is 0 Å². The van der Waals surface area contributed by atoms with Gasteiger partial charge in [-0.1, -0.05) is 0 Å². The summed E-state index contributed by atoms with van der Waals surface area (Å²) in [4.78, 5) is 0.112. The van der Waals surface area contributed by atoms with Gasteiger partial charge in [0.25, 0.3) is 0 Å². The monoisotopic (exact) mass is 337 g/mol. The minimum absolute atomic E-state index is 0.112. The van der Waals surface area contributed by atoms with Crippen LogP contribution < -0.4 is 4.72 Å². The lowest BCUT2D eigenvalue weighted by Gasteiger charge is -2.14. The van der Waals surface area contributed by atoms with Crippen LogP contribution in [0.15, 0.2) is 29.3 Å². The summed E-state index contributed by atoms with van der Waals surface area (Å²) in [6, 6.07) is 3.67. The third-order valence-electron chi connectivity index (χ3n) is 4.19. The minimum Gasteiger partial charge on any atom is -0.268 e. The van der Waals surface area contributed by atoms with Crippen LogP contribution in [0.25, 0.3) is 0 Å². The van der Waals surface area contributed by atoms with E-state index in [1.807, 2.05) is 10.9 Å². The van der Waals surface area contributed by atoms with Gasteiger partial charge in [-0.2, -0.15) is 5.10 Å².